The Kier molecular flexibility index (Phi) is 4.80. The van der Waals surface area contributed by atoms with Crippen LogP contribution in [0.25, 0.3) is 0 Å². The van der Waals surface area contributed by atoms with Crippen LogP contribution >= 0.6 is 11.3 Å². The van der Waals surface area contributed by atoms with Crippen LogP contribution in [0.5, 0.6) is 5.75 Å². The quantitative estimate of drug-likeness (QED) is 0.908. The average molecular weight is 308 g/mol. The van der Waals surface area contributed by atoms with Gasteiger partial charge in [-0.2, -0.15) is 0 Å². The van der Waals surface area contributed by atoms with Crippen LogP contribution in [0.4, 0.5) is 0 Å². The van der Waals surface area contributed by atoms with Crippen molar-refractivity contribution in [3.8, 4) is 5.75 Å². The van der Waals surface area contributed by atoms with Crippen LogP contribution in [-0.4, -0.2) is 44.1 Å². The molecule has 4 nitrogen and oxygen atoms in total. The average Bonchev–Trinajstić information content (AvgIpc) is 3.13. The molecule has 116 valence electrons. The lowest BCUT2D eigenvalue weighted by molar-refractivity contribution is 0.0951. The van der Waals surface area contributed by atoms with E-state index in [1.807, 2.05) is 0 Å². The zero-order chi connectivity index (χ0) is 14.7. The van der Waals surface area contributed by atoms with Gasteiger partial charge in [-0.1, -0.05) is 0 Å². The Balaban J connectivity index is 1.62. The van der Waals surface area contributed by atoms with Gasteiger partial charge in [0.25, 0.3) is 5.91 Å². The van der Waals surface area contributed by atoms with E-state index < -0.39 is 0 Å². The van der Waals surface area contributed by atoms with E-state index in [1.165, 1.54) is 49.2 Å². The molecule has 1 aromatic rings. The zero-order valence-electron chi connectivity index (χ0n) is 12.7. The first-order valence-corrected chi connectivity index (χ1v) is 8.80. The van der Waals surface area contributed by atoms with E-state index in [-0.39, 0.29) is 5.91 Å². The molecule has 1 amide bonds. The lowest BCUT2D eigenvalue weighted by atomic mass is 9.98. The van der Waals surface area contributed by atoms with E-state index in [0.29, 0.717) is 0 Å². The maximum atomic E-state index is 12.4. The van der Waals surface area contributed by atoms with E-state index in [4.69, 9.17) is 4.74 Å². The number of rotatable bonds is 5. The van der Waals surface area contributed by atoms with Gasteiger partial charge < -0.3 is 15.0 Å². The topological polar surface area (TPSA) is 41.6 Å². The number of ether oxygens (including phenoxy) is 1. The number of carbonyl (C=O) groups is 1. The van der Waals surface area contributed by atoms with Gasteiger partial charge in [0.2, 0.25) is 0 Å². The molecule has 1 saturated heterocycles. The maximum Gasteiger partial charge on any atom is 0.265 e. The predicted molar refractivity (Wildman–Crippen MR) is 85.5 cm³/mol. The van der Waals surface area contributed by atoms with Gasteiger partial charge >= 0.3 is 0 Å². The fourth-order valence-corrected chi connectivity index (χ4v) is 4.59. The smallest absolute Gasteiger partial charge is 0.265 e. The number of carbonyl (C=O) groups excluding carboxylic acids is 1. The molecule has 21 heavy (non-hydrogen) atoms. The van der Waals surface area contributed by atoms with Gasteiger partial charge in [0.1, 0.15) is 10.6 Å². The van der Waals surface area contributed by atoms with Gasteiger partial charge in [0, 0.05) is 23.5 Å². The minimum atomic E-state index is 0.0328. The lowest BCUT2D eigenvalue weighted by Crippen LogP contribution is -2.33. The third kappa shape index (κ3) is 3.24. The number of amides is 1. The second-order valence-corrected chi connectivity index (χ2v) is 6.98. The Bertz CT molecular complexity index is 507. The van der Waals surface area contributed by atoms with Crippen LogP contribution in [0.1, 0.15) is 45.8 Å². The highest BCUT2D eigenvalue weighted by Crippen LogP contribution is 2.39. The van der Waals surface area contributed by atoms with Crippen LogP contribution in [0.15, 0.2) is 0 Å². The number of hydrogen-bond acceptors (Lipinski definition) is 4. The first kappa shape index (κ1) is 14.9. The fourth-order valence-electron chi connectivity index (χ4n) is 3.32. The number of likely N-dealkylation sites (tertiary alicyclic amines) is 1. The molecule has 1 aliphatic heterocycles. The first-order chi connectivity index (χ1) is 10.3. The monoisotopic (exact) mass is 308 g/mol. The Morgan fingerprint density at radius 1 is 1.24 bits per heavy atom. The van der Waals surface area contributed by atoms with Crippen molar-refractivity contribution in [1.82, 2.24) is 10.2 Å². The van der Waals surface area contributed by atoms with Crippen LogP contribution in [0, 0.1) is 0 Å². The molecule has 1 fully saturated rings. The molecule has 5 heteroatoms. The normalized spacial score (nSPS) is 18.5. The maximum absolute atomic E-state index is 12.4. The Morgan fingerprint density at radius 3 is 2.76 bits per heavy atom. The fraction of sp³-hybridized carbons (Fsp3) is 0.688. The molecule has 0 atom stereocenters. The third-order valence-corrected chi connectivity index (χ3v) is 5.72. The van der Waals surface area contributed by atoms with Crippen LogP contribution in [0.3, 0.4) is 0 Å². The molecule has 2 aliphatic rings. The number of hydrogen-bond donors (Lipinski definition) is 1. The second kappa shape index (κ2) is 6.79. The van der Waals surface area contributed by atoms with Crippen molar-refractivity contribution in [2.75, 3.05) is 33.3 Å². The summed E-state index contributed by atoms with van der Waals surface area (Å²) < 4.78 is 5.52. The predicted octanol–water partition coefficient (Wildman–Crippen LogP) is 2.46. The molecule has 0 aromatic carbocycles. The van der Waals surface area contributed by atoms with Gasteiger partial charge in [-0.3, -0.25) is 4.79 Å². The summed E-state index contributed by atoms with van der Waals surface area (Å²) in [4.78, 5) is 16.9. The molecule has 1 aliphatic carbocycles. The third-order valence-electron chi connectivity index (χ3n) is 4.45. The molecule has 2 heterocycles. The van der Waals surface area contributed by atoms with Crippen molar-refractivity contribution in [3.63, 3.8) is 0 Å². The molecule has 0 spiro atoms. The highest BCUT2D eigenvalue weighted by Gasteiger charge is 2.25. The van der Waals surface area contributed by atoms with Gasteiger partial charge in [0.05, 0.1) is 7.11 Å². The van der Waals surface area contributed by atoms with Crippen LogP contribution in [0.2, 0.25) is 0 Å². The Morgan fingerprint density at radius 2 is 2.00 bits per heavy atom. The highest BCUT2D eigenvalue weighted by atomic mass is 32.1. The number of aryl methyl sites for hydroxylation is 1. The van der Waals surface area contributed by atoms with Crippen molar-refractivity contribution >= 4 is 17.2 Å². The minimum Gasteiger partial charge on any atom is -0.495 e. The number of nitrogens with one attached hydrogen (secondary N) is 1. The summed E-state index contributed by atoms with van der Waals surface area (Å²) in [6, 6.07) is 0. The minimum absolute atomic E-state index is 0.0328. The summed E-state index contributed by atoms with van der Waals surface area (Å²) in [5, 5.41) is 3.06. The lowest BCUT2D eigenvalue weighted by Gasteiger charge is -2.14. The number of thiophene rings is 1. The number of methoxy groups -OCH3 is 1. The summed E-state index contributed by atoms with van der Waals surface area (Å²) >= 11 is 1.63. The van der Waals surface area contributed by atoms with Crippen molar-refractivity contribution in [3.05, 3.63) is 15.3 Å². The van der Waals surface area contributed by atoms with Crippen molar-refractivity contribution in [2.24, 2.45) is 0 Å². The number of nitrogens with zero attached hydrogens (tertiary/aromatic N) is 1. The van der Waals surface area contributed by atoms with E-state index in [0.717, 1.165) is 36.6 Å². The summed E-state index contributed by atoms with van der Waals surface area (Å²) in [5.41, 5.74) is 1.28. The summed E-state index contributed by atoms with van der Waals surface area (Å²) in [5.74, 6) is 0.860. The zero-order valence-corrected chi connectivity index (χ0v) is 13.6. The SMILES string of the molecule is COc1c(C(=O)NCCN2CCCC2)sc2c1CCCC2. The van der Waals surface area contributed by atoms with Gasteiger partial charge in [-0.25, -0.2) is 0 Å². The van der Waals surface area contributed by atoms with Crippen molar-refractivity contribution in [1.29, 1.82) is 0 Å². The van der Waals surface area contributed by atoms with E-state index in [9.17, 15) is 4.79 Å². The molecule has 0 saturated carbocycles. The second-order valence-electron chi connectivity index (χ2n) is 5.88. The molecular weight excluding hydrogens is 284 g/mol. The van der Waals surface area contributed by atoms with Crippen LogP contribution in [-0.2, 0) is 12.8 Å². The highest BCUT2D eigenvalue weighted by molar-refractivity contribution is 7.14. The molecule has 1 N–H and O–H groups in total. The van der Waals surface area contributed by atoms with E-state index in [1.54, 1.807) is 18.4 Å². The van der Waals surface area contributed by atoms with Crippen LogP contribution < -0.4 is 10.1 Å². The first-order valence-electron chi connectivity index (χ1n) is 7.98. The Hall–Kier alpha value is -1.07. The van der Waals surface area contributed by atoms with Gasteiger partial charge in [-0.05, 0) is 51.6 Å². The molecule has 0 unspecified atom stereocenters. The molecular formula is C16H24N2O2S. The summed E-state index contributed by atoms with van der Waals surface area (Å²) in [7, 11) is 1.68. The Labute approximate surface area is 130 Å². The van der Waals surface area contributed by atoms with Gasteiger partial charge in [0.15, 0.2) is 0 Å². The van der Waals surface area contributed by atoms with Crippen molar-refractivity contribution < 1.29 is 9.53 Å². The largest absolute Gasteiger partial charge is 0.495 e. The summed E-state index contributed by atoms with van der Waals surface area (Å²) in [6.45, 7) is 4.03. The van der Waals surface area contributed by atoms with E-state index >= 15 is 0 Å². The molecule has 0 bridgehead atoms. The number of fused-ring (bicyclic) bond motifs is 1. The standard InChI is InChI=1S/C16H24N2O2S/c1-20-14-12-6-2-3-7-13(12)21-15(14)16(19)17-8-11-18-9-4-5-10-18/h2-11H2,1H3,(H,17,19). The molecule has 3 rings (SSSR count). The molecule has 0 radical (unpaired) electrons. The van der Waals surface area contributed by atoms with Gasteiger partial charge in [-0.15, -0.1) is 11.3 Å². The van der Waals surface area contributed by atoms with E-state index in [2.05, 4.69) is 10.2 Å². The van der Waals surface area contributed by atoms with Crippen molar-refractivity contribution in [2.45, 2.75) is 38.5 Å². The summed E-state index contributed by atoms with van der Waals surface area (Å²) in [6.07, 6.45) is 7.16. The molecule has 1 aromatic heterocycles.